The second kappa shape index (κ2) is 11.4. The van der Waals surface area contributed by atoms with Crippen LogP contribution in [0.4, 0.5) is 9.52 Å². The Balaban J connectivity index is 1.48. The monoisotopic (exact) mass is 523 g/mol. The van der Waals surface area contributed by atoms with Crippen LogP contribution in [-0.2, 0) is 4.79 Å². The van der Waals surface area contributed by atoms with E-state index < -0.39 is 11.7 Å². The molecular formula is C26H26FN5O4S. The zero-order valence-corrected chi connectivity index (χ0v) is 21.6. The number of benzene rings is 1. The number of allylic oxidation sites excluding steroid dienone is 2. The number of aryl methyl sites for hydroxylation is 1. The Morgan fingerprint density at radius 3 is 2.84 bits per heavy atom. The molecule has 37 heavy (non-hydrogen) atoms. The predicted molar refractivity (Wildman–Crippen MR) is 139 cm³/mol. The van der Waals surface area contributed by atoms with Gasteiger partial charge in [0.05, 0.1) is 24.8 Å². The maximum absolute atomic E-state index is 14.8. The first-order valence-corrected chi connectivity index (χ1v) is 12.4. The fourth-order valence-corrected chi connectivity index (χ4v) is 4.42. The van der Waals surface area contributed by atoms with Gasteiger partial charge in [0, 0.05) is 36.5 Å². The smallest absolute Gasteiger partial charge is 0.295 e. The van der Waals surface area contributed by atoms with Gasteiger partial charge in [0.2, 0.25) is 5.13 Å². The van der Waals surface area contributed by atoms with E-state index in [4.69, 9.17) is 9.47 Å². The highest BCUT2D eigenvalue weighted by molar-refractivity contribution is 7.17. The molecule has 1 amide bonds. The first-order valence-electron chi connectivity index (χ1n) is 11.6. The van der Waals surface area contributed by atoms with E-state index >= 15 is 0 Å². The normalized spacial score (nSPS) is 17.1. The lowest BCUT2D eigenvalue weighted by atomic mass is 9.93. The molecule has 0 spiro atoms. The topological polar surface area (TPSA) is 116 Å². The second-order valence-electron chi connectivity index (χ2n) is 8.63. The number of rotatable bonds is 8. The van der Waals surface area contributed by atoms with Crippen LogP contribution in [0.15, 0.2) is 47.2 Å². The molecule has 0 radical (unpaired) electrons. The molecular weight excluding hydrogens is 497 g/mol. The Labute approximate surface area is 217 Å². The number of methoxy groups -OCH3 is 1. The number of Topliss-reactive ketones (excluding diaryl/α,β-unsaturated/α-hetero) is 1. The third-order valence-electron chi connectivity index (χ3n) is 5.96. The van der Waals surface area contributed by atoms with Gasteiger partial charge in [-0.1, -0.05) is 24.2 Å². The molecule has 2 atom stereocenters. The Hall–Kier alpha value is -3.99. The minimum absolute atomic E-state index is 0.0213. The van der Waals surface area contributed by atoms with Crippen molar-refractivity contribution in [3.05, 3.63) is 59.3 Å². The van der Waals surface area contributed by atoms with Crippen molar-refractivity contribution in [1.82, 2.24) is 15.2 Å². The highest BCUT2D eigenvalue weighted by atomic mass is 32.1. The van der Waals surface area contributed by atoms with Crippen LogP contribution in [0.2, 0.25) is 0 Å². The van der Waals surface area contributed by atoms with Crippen molar-refractivity contribution in [1.29, 1.82) is 0 Å². The van der Waals surface area contributed by atoms with E-state index in [1.807, 2.05) is 6.08 Å². The first-order chi connectivity index (χ1) is 17.8. The van der Waals surface area contributed by atoms with Gasteiger partial charge < -0.3 is 9.47 Å². The molecule has 1 N–H and O–H groups in total. The summed E-state index contributed by atoms with van der Waals surface area (Å²) in [5.74, 6) is -0.624. The van der Waals surface area contributed by atoms with Gasteiger partial charge in [-0.3, -0.25) is 24.9 Å². The molecule has 0 bridgehead atoms. The molecule has 1 aliphatic rings. The summed E-state index contributed by atoms with van der Waals surface area (Å²) in [5.41, 5.74) is 1.74. The molecule has 4 rings (SSSR count). The molecule has 9 nitrogen and oxygen atoms in total. The Morgan fingerprint density at radius 2 is 2.08 bits per heavy atom. The number of carbonyl (C=O) groups is 2. The van der Waals surface area contributed by atoms with E-state index in [9.17, 15) is 14.0 Å². The minimum atomic E-state index is -0.525. The number of anilines is 1. The van der Waals surface area contributed by atoms with Gasteiger partial charge in [0.25, 0.3) is 11.1 Å². The summed E-state index contributed by atoms with van der Waals surface area (Å²) in [5, 5.41) is 11.2. The highest BCUT2D eigenvalue weighted by Gasteiger charge is 2.23. The van der Waals surface area contributed by atoms with E-state index in [0.29, 0.717) is 35.7 Å². The summed E-state index contributed by atoms with van der Waals surface area (Å²) in [6.45, 7) is 5.60. The molecule has 0 aliphatic carbocycles. The minimum Gasteiger partial charge on any atom is -0.496 e. The van der Waals surface area contributed by atoms with Crippen LogP contribution in [0.25, 0.3) is 11.1 Å². The number of hydrogen-bond donors (Lipinski definition) is 1. The number of amides is 1. The molecule has 11 heteroatoms. The van der Waals surface area contributed by atoms with E-state index in [1.54, 1.807) is 25.3 Å². The van der Waals surface area contributed by atoms with Crippen molar-refractivity contribution in [2.75, 3.05) is 19.0 Å². The molecule has 1 aromatic carbocycles. The zero-order valence-electron chi connectivity index (χ0n) is 20.8. The third-order valence-corrected chi connectivity index (χ3v) is 6.71. The number of aliphatic imine (C=N–C) groups is 1. The van der Waals surface area contributed by atoms with Crippen LogP contribution in [0.1, 0.15) is 36.3 Å². The summed E-state index contributed by atoms with van der Waals surface area (Å²) < 4.78 is 25.9. The number of ketones is 1. The van der Waals surface area contributed by atoms with Gasteiger partial charge in [0.15, 0.2) is 5.78 Å². The second-order valence-corrected chi connectivity index (χ2v) is 9.57. The van der Waals surface area contributed by atoms with Gasteiger partial charge in [-0.2, -0.15) is 0 Å². The van der Waals surface area contributed by atoms with Crippen molar-refractivity contribution in [3.8, 4) is 22.1 Å². The summed E-state index contributed by atoms with van der Waals surface area (Å²) in [7, 11) is 1.44. The maximum Gasteiger partial charge on any atom is 0.295 e. The van der Waals surface area contributed by atoms with Gasteiger partial charge in [0.1, 0.15) is 17.3 Å². The lowest BCUT2D eigenvalue weighted by Gasteiger charge is -2.16. The van der Waals surface area contributed by atoms with Crippen LogP contribution in [0.5, 0.6) is 10.9 Å². The summed E-state index contributed by atoms with van der Waals surface area (Å²) in [6, 6.07) is 6.10. The fourth-order valence-electron chi connectivity index (χ4n) is 3.82. The van der Waals surface area contributed by atoms with Crippen LogP contribution < -0.4 is 14.8 Å². The molecule has 1 aliphatic heterocycles. The standard InChI is InChI=1S/C26H26FN5O4S/c1-14-8-9-21(16(3)33)29-11-17(14)13-36-26-32-31-25(37-26)30-24(34)19-12-28-15(2)10-18(19)23-20(27)6-5-7-22(23)35-4/h5-7,9-12,14,17H,8,13H2,1-4H3,(H,30,31,34). The number of hydrogen-bond acceptors (Lipinski definition) is 9. The number of nitrogens with zero attached hydrogens (tertiary/aromatic N) is 4. The highest BCUT2D eigenvalue weighted by Crippen LogP contribution is 2.35. The number of ether oxygens (including phenoxy) is 2. The Morgan fingerprint density at radius 1 is 1.27 bits per heavy atom. The molecule has 0 saturated heterocycles. The van der Waals surface area contributed by atoms with E-state index in [1.165, 1.54) is 32.4 Å². The predicted octanol–water partition coefficient (Wildman–Crippen LogP) is 4.89. The number of aromatic nitrogens is 3. The summed E-state index contributed by atoms with van der Waals surface area (Å²) >= 11 is 1.06. The molecule has 3 aromatic rings. The lowest BCUT2D eigenvalue weighted by Crippen LogP contribution is -2.20. The largest absolute Gasteiger partial charge is 0.496 e. The van der Waals surface area contributed by atoms with Crippen molar-refractivity contribution >= 4 is 34.4 Å². The van der Waals surface area contributed by atoms with Gasteiger partial charge in [-0.15, -0.1) is 5.10 Å². The average molecular weight is 524 g/mol. The van der Waals surface area contributed by atoms with Crippen molar-refractivity contribution in [3.63, 3.8) is 0 Å². The van der Waals surface area contributed by atoms with Crippen LogP contribution in [-0.4, -0.2) is 46.8 Å². The SMILES string of the molecule is COc1cccc(F)c1-c1cc(C)ncc1C(=O)Nc1nnc(OCC2C=NC(C(C)=O)=CCC2C)s1. The average Bonchev–Trinajstić information content (AvgIpc) is 3.22. The third kappa shape index (κ3) is 6.05. The van der Waals surface area contributed by atoms with Gasteiger partial charge >= 0.3 is 0 Å². The lowest BCUT2D eigenvalue weighted by molar-refractivity contribution is -0.113. The summed E-state index contributed by atoms with van der Waals surface area (Å²) in [4.78, 5) is 33.2. The van der Waals surface area contributed by atoms with Crippen molar-refractivity contribution in [2.45, 2.75) is 27.2 Å². The molecule has 0 saturated carbocycles. The van der Waals surface area contributed by atoms with Crippen molar-refractivity contribution < 1.29 is 23.5 Å². The van der Waals surface area contributed by atoms with E-state index in [0.717, 1.165) is 11.3 Å². The number of carbonyl (C=O) groups excluding carboxylic acids is 2. The van der Waals surface area contributed by atoms with Crippen LogP contribution >= 0.6 is 11.3 Å². The molecule has 0 fully saturated rings. The molecule has 3 heterocycles. The number of pyridine rings is 1. The Bertz CT molecular complexity index is 1390. The van der Waals surface area contributed by atoms with Crippen molar-refractivity contribution in [2.24, 2.45) is 16.8 Å². The van der Waals surface area contributed by atoms with Crippen LogP contribution in [0.3, 0.4) is 0 Å². The Kier molecular flexibility index (Phi) is 8.02. The van der Waals surface area contributed by atoms with E-state index in [2.05, 4.69) is 32.4 Å². The number of halogens is 1. The van der Waals surface area contributed by atoms with E-state index in [-0.39, 0.29) is 39.1 Å². The molecule has 2 unspecified atom stereocenters. The summed E-state index contributed by atoms with van der Waals surface area (Å²) in [6.07, 6.45) is 5.67. The quantitative estimate of drug-likeness (QED) is 0.447. The number of nitrogens with one attached hydrogen (secondary N) is 1. The van der Waals surface area contributed by atoms with Gasteiger partial charge in [-0.25, -0.2) is 4.39 Å². The zero-order chi connectivity index (χ0) is 26.5. The van der Waals surface area contributed by atoms with Gasteiger partial charge in [-0.05, 0) is 48.8 Å². The molecule has 192 valence electrons. The first kappa shape index (κ1) is 26.1. The molecule has 2 aromatic heterocycles. The maximum atomic E-state index is 14.8. The fraction of sp³-hybridized carbons (Fsp3) is 0.308. The van der Waals surface area contributed by atoms with Crippen LogP contribution in [0, 0.1) is 24.6 Å².